The van der Waals surface area contributed by atoms with Crippen LogP contribution >= 0.6 is 0 Å². The number of hydrogen-bond donors (Lipinski definition) is 3. The topological polar surface area (TPSA) is 144 Å². The maximum absolute atomic E-state index is 14.3. The van der Waals surface area contributed by atoms with E-state index in [1.54, 1.807) is 14.2 Å². The molecule has 0 spiro atoms. The highest BCUT2D eigenvalue weighted by atomic mass is 16.5. The largest absolute Gasteiger partial charge is 0.480 e. The fourth-order valence-corrected chi connectivity index (χ4v) is 9.63. The molecule has 0 radical (unpaired) electrons. The summed E-state index contributed by atoms with van der Waals surface area (Å²) in [6.07, 6.45) is 9.45. The van der Waals surface area contributed by atoms with Crippen molar-refractivity contribution in [2.75, 3.05) is 67.6 Å². The molecule has 352 valence electrons. The Balaban J connectivity index is 1.59. The third-order valence-electron chi connectivity index (χ3n) is 13.7. The van der Waals surface area contributed by atoms with Crippen LogP contribution in [0.15, 0.2) is 42.5 Å². The zero-order valence-electron chi connectivity index (χ0n) is 40.2. The fourth-order valence-electron chi connectivity index (χ4n) is 9.63. The molecule has 3 N–H and O–H groups in total. The Morgan fingerprint density at radius 3 is 2.10 bits per heavy atom. The van der Waals surface area contributed by atoms with Crippen molar-refractivity contribution in [1.29, 1.82) is 0 Å². The first-order chi connectivity index (χ1) is 29.5. The Morgan fingerprint density at radius 1 is 0.855 bits per heavy atom. The fraction of sp³-hybridized carbons (Fsp3) is 0.755. The van der Waals surface area contributed by atoms with Crippen LogP contribution in [0, 0.1) is 23.7 Å². The number of likely N-dealkylation sites (tertiary alicyclic amines) is 1. The minimum absolute atomic E-state index is 0.0264. The number of methoxy groups -OCH3 is 2. The van der Waals surface area contributed by atoms with E-state index < -0.39 is 12.0 Å². The van der Waals surface area contributed by atoms with Crippen molar-refractivity contribution in [1.82, 2.24) is 30.2 Å². The number of nitrogens with one attached hydrogen (secondary N) is 2. The molecule has 0 aliphatic carbocycles. The SMILES string of the molecule is CC[C@H](C)[C@@H]([C@@H](CC(=O)N1CCC[C@H]1[C@H](OC)[C@H](C)CN[C@@H](Cc1ccccc1)C(=O)O)OC)N(C)C[C@@H](NC[C@H](C(C)C)N(C)CCCCCCN1C(=O)C=CC1=O)C(C)C. The number of unbranched alkanes of at least 4 members (excludes halogenated alkanes) is 3. The lowest BCUT2D eigenvalue weighted by atomic mass is 9.89. The molecule has 0 saturated carbocycles. The normalized spacial score (nSPS) is 19.8. The average molecular weight is 869 g/mol. The molecule has 0 unspecified atom stereocenters. The number of nitrogens with zero attached hydrogens (tertiary/aromatic N) is 4. The van der Waals surface area contributed by atoms with E-state index in [0.717, 1.165) is 70.1 Å². The van der Waals surface area contributed by atoms with Gasteiger partial charge in [0.25, 0.3) is 11.8 Å². The molecule has 62 heavy (non-hydrogen) atoms. The number of aliphatic carboxylic acids is 1. The van der Waals surface area contributed by atoms with E-state index in [2.05, 4.69) is 83.0 Å². The molecule has 1 aromatic rings. The smallest absolute Gasteiger partial charge is 0.321 e. The van der Waals surface area contributed by atoms with Gasteiger partial charge in [0.05, 0.1) is 24.7 Å². The van der Waals surface area contributed by atoms with Crippen molar-refractivity contribution >= 4 is 23.7 Å². The average Bonchev–Trinajstić information content (AvgIpc) is 3.85. The molecule has 0 aromatic heterocycles. The molecular formula is C49H84N6O7. The standard InChI is InChI=1S/C49H84N6O7/c1-12-36(6)47(53(9)33-40(34(2)3)51-32-42(35(4)5)52(8)26-18-13-14-19-27-55-44(56)24-25-45(55)57)43(61-10)30-46(58)54-28-20-23-41(54)48(62-11)37(7)31-50-39(49(59)60)29-38-21-16-15-17-22-38/h15-17,21-22,24-25,34-37,39-43,47-48,50-51H,12-14,18-20,23,26-33H2,1-11H3,(H,59,60)/t36-,37+,39-,40+,41-,42+,43+,47-,48+/m0/s1. The van der Waals surface area contributed by atoms with Crippen molar-refractivity contribution in [2.24, 2.45) is 23.7 Å². The van der Waals surface area contributed by atoms with Crippen molar-refractivity contribution in [2.45, 2.75) is 149 Å². The minimum atomic E-state index is -0.884. The predicted molar refractivity (Wildman–Crippen MR) is 248 cm³/mol. The molecule has 3 amide bonds. The molecular weight excluding hydrogens is 785 g/mol. The van der Waals surface area contributed by atoms with Gasteiger partial charge in [-0.2, -0.15) is 0 Å². The lowest BCUT2D eigenvalue weighted by molar-refractivity contribution is -0.140. The summed E-state index contributed by atoms with van der Waals surface area (Å²) in [6, 6.07) is 9.45. The van der Waals surface area contributed by atoms with Gasteiger partial charge in [-0.15, -0.1) is 0 Å². The minimum Gasteiger partial charge on any atom is -0.480 e. The second-order valence-corrected chi connectivity index (χ2v) is 18.9. The number of carboxylic acid groups (broad SMARTS) is 1. The van der Waals surface area contributed by atoms with Crippen LogP contribution in [0.25, 0.3) is 0 Å². The predicted octanol–water partition coefficient (Wildman–Crippen LogP) is 5.72. The van der Waals surface area contributed by atoms with E-state index in [-0.39, 0.29) is 60.4 Å². The van der Waals surface area contributed by atoms with Gasteiger partial charge in [0, 0.05) is 77.2 Å². The second kappa shape index (κ2) is 27.2. The van der Waals surface area contributed by atoms with E-state index >= 15 is 0 Å². The van der Waals surface area contributed by atoms with Gasteiger partial charge in [-0.05, 0) is 82.0 Å². The lowest BCUT2D eigenvalue weighted by Gasteiger charge is -2.41. The number of imide groups is 1. The highest BCUT2D eigenvalue weighted by Gasteiger charge is 2.40. The lowest BCUT2D eigenvalue weighted by Crippen LogP contribution is -2.55. The zero-order valence-corrected chi connectivity index (χ0v) is 40.2. The van der Waals surface area contributed by atoms with Gasteiger partial charge >= 0.3 is 5.97 Å². The van der Waals surface area contributed by atoms with Crippen LogP contribution in [-0.2, 0) is 35.1 Å². The maximum atomic E-state index is 14.3. The van der Waals surface area contributed by atoms with Gasteiger partial charge in [-0.1, -0.05) is 98.1 Å². The highest BCUT2D eigenvalue weighted by Crippen LogP contribution is 2.29. The number of carbonyl (C=O) groups excluding carboxylic acids is 3. The van der Waals surface area contributed by atoms with Gasteiger partial charge in [0.1, 0.15) is 6.04 Å². The Morgan fingerprint density at radius 2 is 1.52 bits per heavy atom. The van der Waals surface area contributed by atoms with Gasteiger partial charge in [-0.3, -0.25) is 29.0 Å². The first kappa shape index (κ1) is 53.1. The molecule has 13 nitrogen and oxygen atoms in total. The van der Waals surface area contributed by atoms with Gasteiger partial charge < -0.3 is 35.0 Å². The summed E-state index contributed by atoms with van der Waals surface area (Å²) in [6.45, 7) is 19.9. The summed E-state index contributed by atoms with van der Waals surface area (Å²) in [5.41, 5.74) is 0.966. The molecule has 9 atom stereocenters. The van der Waals surface area contributed by atoms with E-state index in [9.17, 15) is 24.3 Å². The van der Waals surface area contributed by atoms with Crippen LogP contribution in [0.4, 0.5) is 0 Å². The second-order valence-electron chi connectivity index (χ2n) is 18.9. The monoisotopic (exact) mass is 869 g/mol. The van der Waals surface area contributed by atoms with Crippen molar-refractivity contribution in [3.8, 4) is 0 Å². The zero-order chi connectivity index (χ0) is 45.9. The van der Waals surface area contributed by atoms with Gasteiger partial charge in [0.15, 0.2) is 0 Å². The molecule has 1 saturated heterocycles. The summed E-state index contributed by atoms with van der Waals surface area (Å²) in [5.74, 6) is -0.107. The van der Waals surface area contributed by atoms with Gasteiger partial charge in [0.2, 0.25) is 5.91 Å². The number of benzene rings is 1. The van der Waals surface area contributed by atoms with Crippen LogP contribution in [0.2, 0.25) is 0 Å². The highest BCUT2D eigenvalue weighted by molar-refractivity contribution is 6.12. The van der Waals surface area contributed by atoms with Crippen molar-refractivity contribution in [3.63, 3.8) is 0 Å². The Kier molecular flexibility index (Phi) is 23.3. The number of ether oxygens (including phenoxy) is 2. The Bertz CT molecular complexity index is 1510. The third-order valence-corrected chi connectivity index (χ3v) is 13.7. The van der Waals surface area contributed by atoms with Crippen LogP contribution < -0.4 is 10.6 Å². The van der Waals surface area contributed by atoms with Crippen molar-refractivity contribution < 1.29 is 33.8 Å². The van der Waals surface area contributed by atoms with Crippen molar-refractivity contribution in [3.05, 3.63) is 48.0 Å². The third kappa shape index (κ3) is 16.1. The van der Waals surface area contributed by atoms with Crippen LogP contribution in [0.5, 0.6) is 0 Å². The number of likely N-dealkylation sites (N-methyl/N-ethyl adjacent to an activating group) is 2. The summed E-state index contributed by atoms with van der Waals surface area (Å²) < 4.78 is 12.3. The first-order valence-corrected chi connectivity index (χ1v) is 23.6. The molecule has 1 aromatic carbocycles. The van der Waals surface area contributed by atoms with Crippen LogP contribution in [0.1, 0.15) is 105 Å². The van der Waals surface area contributed by atoms with Crippen LogP contribution in [-0.4, -0.2) is 158 Å². The first-order valence-electron chi connectivity index (χ1n) is 23.6. The van der Waals surface area contributed by atoms with E-state index in [4.69, 9.17) is 9.47 Å². The summed E-state index contributed by atoms with van der Waals surface area (Å²) in [5, 5.41) is 17.2. The number of carbonyl (C=O) groups is 4. The number of carboxylic acids is 1. The number of rotatable bonds is 31. The molecule has 2 aliphatic rings. The molecule has 0 bridgehead atoms. The molecule has 13 heteroatoms. The Hall–Kier alpha value is -3.20. The summed E-state index contributed by atoms with van der Waals surface area (Å²) in [4.78, 5) is 58.4. The molecule has 2 aliphatic heterocycles. The molecule has 1 fully saturated rings. The van der Waals surface area contributed by atoms with E-state index in [1.807, 2.05) is 35.2 Å². The molecule has 2 heterocycles. The quantitative estimate of drug-likeness (QED) is 0.0623. The van der Waals surface area contributed by atoms with Gasteiger partial charge in [-0.25, -0.2) is 0 Å². The number of amides is 3. The van der Waals surface area contributed by atoms with Crippen LogP contribution in [0.3, 0.4) is 0 Å². The summed E-state index contributed by atoms with van der Waals surface area (Å²) >= 11 is 0. The Labute approximate surface area is 374 Å². The number of hydrogen-bond acceptors (Lipinski definition) is 10. The van der Waals surface area contributed by atoms with E-state index in [0.29, 0.717) is 49.9 Å². The van der Waals surface area contributed by atoms with E-state index in [1.165, 1.54) is 17.1 Å². The maximum Gasteiger partial charge on any atom is 0.321 e. The molecule has 3 rings (SSSR count). The summed E-state index contributed by atoms with van der Waals surface area (Å²) in [7, 11) is 7.82.